The van der Waals surface area contributed by atoms with Gasteiger partial charge in [0, 0.05) is 13.6 Å². The minimum Gasteiger partial charge on any atom is -0.357 e. The third-order valence-corrected chi connectivity index (χ3v) is 8.13. The lowest BCUT2D eigenvalue weighted by Crippen LogP contribution is -2.50. The van der Waals surface area contributed by atoms with E-state index in [1.807, 2.05) is 64.1 Å². The molecule has 0 fully saturated rings. The summed E-state index contributed by atoms with van der Waals surface area (Å²) in [5.41, 5.74) is 4.93. The van der Waals surface area contributed by atoms with Crippen molar-refractivity contribution in [3.8, 4) is 0 Å². The second-order valence-corrected chi connectivity index (χ2v) is 11.3. The first-order valence-corrected chi connectivity index (χ1v) is 13.6. The standard InChI is InChI=1S/C29H35N3O4S/c1-20-10-13-26(14-11-20)37(35,36)32(27-15-12-22(3)16-23(27)4)19-28(33)31(24(5)29(34)30-6)18-25-9-7-8-21(2)17-25/h7-17,24H,18-19H2,1-6H3,(H,30,34)/t24-/m1/s1. The van der Waals surface area contributed by atoms with Gasteiger partial charge in [-0.2, -0.15) is 0 Å². The highest BCUT2D eigenvalue weighted by Crippen LogP contribution is 2.28. The summed E-state index contributed by atoms with van der Waals surface area (Å²) in [5, 5.41) is 2.59. The smallest absolute Gasteiger partial charge is 0.264 e. The van der Waals surface area contributed by atoms with E-state index < -0.39 is 28.5 Å². The molecule has 7 nitrogen and oxygen atoms in total. The average molecular weight is 522 g/mol. The highest BCUT2D eigenvalue weighted by molar-refractivity contribution is 7.92. The van der Waals surface area contributed by atoms with E-state index >= 15 is 0 Å². The third-order valence-electron chi connectivity index (χ3n) is 6.36. The second-order valence-electron chi connectivity index (χ2n) is 9.42. The van der Waals surface area contributed by atoms with E-state index in [1.165, 1.54) is 11.9 Å². The Morgan fingerprint density at radius 1 is 0.865 bits per heavy atom. The van der Waals surface area contributed by atoms with E-state index in [0.29, 0.717) is 5.69 Å². The molecular formula is C29H35N3O4S. The van der Waals surface area contributed by atoms with Gasteiger partial charge in [0.05, 0.1) is 10.6 Å². The molecule has 0 unspecified atom stereocenters. The Bertz CT molecular complexity index is 1380. The van der Waals surface area contributed by atoms with Gasteiger partial charge >= 0.3 is 0 Å². The molecule has 0 saturated carbocycles. The zero-order valence-electron chi connectivity index (χ0n) is 22.3. The highest BCUT2D eigenvalue weighted by atomic mass is 32.2. The summed E-state index contributed by atoms with van der Waals surface area (Å²) in [7, 11) is -2.57. The zero-order valence-corrected chi connectivity index (χ0v) is 23.1. The Morgan fingerprint density at radius 2 is 1.49 bits per heavy atom. The quantitative estimate of drug-likeness (QED) is 0.455. The summed E-state index contributed by atoms with van der Waals surface area (Å²) >= 11 is 0. The molecule has 8 heteroatoms. The number of amides is 2. The molecular weight excluding hydrogens is 486 g/mol. The molecule has 3 rings (SSSR count). The molecule has 0 spiro atoms. The topological polar surface area (TPSA) is 86.8 Å². The minimum absolute atomic E-state index is 0.0930. The maximum atomic E-state index is 13.9. The number of aryl methyl sites for hydroxylation is 4. The van der Waals surface area contributed by atoms with Crippen molar-refractivity contribution >= 4 is 27.5 Å². The number of anilines is 1. The van der Waals surface area contributed by atoms with Gasteiger partial charge in [0.25, 0.3) is 10.0 Å². The lowest BCUT2D eigenvalue weighted by Gasteiger charge is -2.32. The summed E-state index contributed by atoms with van der Waals surface area (Å²) in [4.78, 5) is 27.9. The SMILES string of the molecule is CNC(=O)[C@@H](C)N(Cc1cccc(C)c1)C(=O)CN(c1ccc(C)cc1C)S(=O)(=O)c1ccc(C)cc1. The molecule has 0 bridgehead atoms. The Hall–Kier alpha value is -3.65. The summed E-state index contributed by atoms with van der Waals surface area (Å²) in [6.07, 6.45) is 0. The molecule has 0 aromatic heterocycles. The number of rotatable bonds is 9. The highest BCUT2D eigenvalue weighted by Gasteiger charge is 2.32. The molecule has 0 heterocycles. The lowest BCUT2D eigenvalue weighted by molar-refractivity contribution is -0.139. The molecule has 0 aliphatic rings. The van der Waals surface area contributed by atoms with Gasteiger partial charge in [-0.15, -0.1) is 0 Å². The van der Waals surface area contributed by atoms with Gasteiger partial charge in [-0.25, -0.2) is 8.42 Å². The Balaban J connectivity index is 2.07. The fraction of sp³-hybridized carbons (Fsp3) is 0.310. The number of sulfonamides is 1. The number of likely N-dealkylation sites (N-methyl/N-ethyl adjacent to an activating group) is 1. The van der Waals surface area contributed by atoms with E-state index in [2.05, 4.69) is 5.32 Å². The first-order chi connectivity index (χ1) is 17.4. The van der Waals surface area contributed by atoms with Crippen molar-refractivity contribution in [2.45, 2.75) is 52.1 Å². The molecule has 0 radical (unpaired) electrons. The van der Waals surface area contributed by atoms with Crippen LogP contribution in [-0.4, -0.2) is 44.8 Å². The summed E-state index contributed by atoms with van der Waals surface area (Å²) in [5.74, 6) is -0.811. The van der Waals surface area contributed by atoms with E-state index in [0.717, 1.165) is 32.1 Å². The second kappa shape index (κ2) is 11.6. The van der Waals surface area contributed by atoms with Crippen molar-refractivity contribution in [3.63, 3.8) is 0 Å². The van der Waals surface area contributed by atoms with Crippen molar-refractivity contribution < 1.29 is 18.0 Å². The van der Waals surface area contributed by atoms with Gasteiger partial charge in [-0.05, 0) is 63.9 Å². The average Bonchev–Trinajstić information content (AvgIpc) is 2.85. The molecule has 0 aliphatic carbocycles. The number of nitrogens with one attached hydrogen (secondary N) is 1. The van der Waals surface area contributed by atoms with Crippen molar-refractivity contribution in [1.82, 2.24) is 10.2 Å². The number of nitrogens with zero attached hydrogens (tertiary/aromatic N) is 2. The molecule has 0 aliphatic heterocycles. The van der Waals surface area contributed by atoms with E-state index in [-0.39, 0.29) is 17.3 Å². The fourth-order valence-electron chi connectivity index (χ4n) is 4.23. The van der Waals surface area contributed by atoms with Crippen molar-refractivity contribution in [2.75, 3.05) is 17.9 Å². The van der Waals surface area contributed by atoms with Gasteiger partial charge in [0.1, 0.15) is 12.6 Å². The van der Waals surface area contributed by atoms with Crippen LogP contribution in [0, 0.1) is 27.7 Å². The molecule has 1 N–H and O–H groups in total. The number of hydrogen-bond donors (Lipinski definition) is 1. The number of carbonyl (C=O) groups excluding carboxylic acids is 2. The lowest BCUT2D eigenvalue weighted by atomic mass is 10.1. The maximum Gasteiger partial charge on any atom is 0.264 e. The largest absolute Gasteiger partial charge is 0.357 e. The van der Waals surface area contributed by atoms with Crippen LogP contribution < -0.4 is 9.62 Å². The van der Waals surface area contributed by atoms with Crippen LogP contribution in [0.1, 0.15) is 34.7 Å². The zero-order chi connectivity index (χ0) is 27.3. The van der Waals surface area contributed by atoms with Crippen LogP contribution in [0.2, 0.25) is 0 Å². The molecule has 37 heavy (non-hydrogen) atoms. The number of hydrogen-bond acceptors (Lipinski definition) is 4. The Morgan fingerprint density at radius 3 is 2.08 bits per heavy atom. The summed E-state index contributed by atoms with van der Waals surface area (Å²) in [6.45, 7) is 8.94. The number of benzene rings is 3. The molecule has 1 atom stereocenters. The van der Waals surface area contributed by atoms with Crippen LogP contribution >= 0.6 is 0 Å². The third kappa shape index (κ3) is 6.57. The number of carbonyl (C=O) groups is 2. The van der Waals surface area contributed by atoms with E-state index in [1.54, 1.807) is 37.3 Å². The van der Waals surface area contributed by atoms with Crippen LogP contribution in [-0.2, 0) is 26.2 Å². The van der Waals surface area contributed by atoms with Crippen LogP contribution in [0.5, 0.6) is 0 Å². The van der Waals surface area contributed by atoms with Gasteiger partial charge in [0.15, 0.2) is 0 Å². The molecule has 2 amide bonds. The fourth-order valence-corrected chi connectivity index (χ4v) is 5.71. The Kier molecular flexibility index (Phi) is 8.76. The summed E-state index contributed by atoms with van der Waals surface area (Å²) in [6, 6.07) is 18.8. The minimum atomic E-state index is -4.08. The monoisotopic (exact) mass is 521 g/mol. The van der Waals surface area contributed by atoms with Crippen LogP contribution in [0.25, 0.3) is 0 Å². The molecule has 0 saturated heterocycles. The first kappa shape index (κ1) is 27.9. The van der Waals surface area contributed by atoms with Crippen molar-refractivity contribution in [1.29, 1.82) is 0 Å². The Labute approximate surface area is 220 Å². The first-order valence-electron chi connectivity index (χ1n) is 12.2. The summed E-state index contributed by atoms with van der Waals surface area (Å²) < 4.78 is 28.9. The van der Waals surface area contributed by atoms with E-state index in [9.17, 15) is 18.0 Å². The maximum absolute atomic E-state index is 13.9. The van der Waals surface area contributed by atoms with Gasteiger partial charge in [-0.3, -0.25) is 13.9 Å². The van der Waals surface area contributed by atoms with Gasteiger partial charge in [-0.1, -0.05) is 65.2 Å². The predicted octanol–water partition coefficient (Wildman–Crippen LogP) is 4.28. The molecule has 3 aromatic carbocycles. The normalized spacial score (nSPS) is 12.1. The molecule has 3 aromatic rings. The van der Waals surface area contributed by atoms with Crippen molar-refractivity contribution in [2.24, 2.45) is 0 Å². The van der Waals surface area contributed by atoms with Crippen LogP contribution in [0.15, 0.2) is 71.6 Å². The van der Waals surface area contributed by atoms with E-state index in [4.69, 9.17) is 0 Å². The predicted molar refractivity (Wildman–Crippen MR) is 147 cm³/mol. The van der Waals surface area contributed by atoms with Gasteiger partial charge in [0.2, 0.25) is 11.8 Å². The van der Waals surface area contributed by atoms with Gasteiger partial charge < -0.3 is 10.2 Å². The van der Waals surface area contributed by atoms with Crippen molar-refractivity contribution in [3.05, 3.63) is 94.5 Å². The van der Waals surface area contributed by atoms with Crippen LogP contribution in [0.3, 0.4) is 0 Å². The molecule has 196 valence electrons. The van der Waals surface area contributed by atoms with Crippen LogP contribution in [0.4, 0.5) is 5.69 Å².